The van der Waals surface area contributed by atoms with Gasteiger partial charge in [-0.25, -0.2) is 4.98 Å². The molecule has 6 heteroatoms. The molecule has 17 heavy (non-hydrogen) atoms. The van der Waals surface area contributed by atoms with E-state index in [9.17, 15) is 0 Å². The number of aliphatic hydroxyl groups excluding tert-OH is 1. The summed E-state index contributed by atoms with van der Waals surface area (Å²) in [6, 6.07) is 3.74. The van der Waals surface area contributed by atoms with Crippen molar-refractivity contribution in [1.29, 1.82) is 0 Å². The molecule has 1 saturated heterocycles. The fraction of sp³-hybridized carbons (Fsp3) is 0.455. The Morgan fingerprint density at radius 3 is 3.06 bits per heavy atom. The normalized spacial score (nSPS) is 20.3. The monoisotopic (exact) mass is 253 g/mol. The van der Waals surface area contributed by atoms with Gasteiger partial charge in [0.1, 0.15) is 10.8 Å². The standard InChI is InChI=1S/C11H15N3O2S/c12-11(17)8-1-2-10(13-5-8)14-3-4-16-9(6-14)7-15/h1-2,5,9,15H,3-4,6-7H2,(H2,12,17). The average molecular weight is 253 g/mol. The second-order valence-corrected chi connectivity index (χ2v) is 4.33. The second kappa shape index (κ2) is 5.39. The predicted octanol–water partition coefficient (Wildman–Crippen LogP) is -0.0867. The number of pyridine rings is 1. The van der Waals surface area contributed by atoms with Crippen LogP contribution in [-0.4, -0.2) is 47.5 Å². The van der Waals surface area contributed by atoms with Crippen molar-refractivity contribution in [3.05, 3.63) is 23.9 Å². The minimum Gasteiger partial charge on any atom is -0.394 e. The second-order valence-electron chi connectivity index (χ2n) is 3.89. The third-order valence-corrected chi connectivity index (χ3v) is 2.93. The van der Waals surface area contributed by atoms with Crippen LogP contribution in [0.15, 0.2) is 18.3 Å². The highest BCUT2D eigenvalue weighted by atomic mass is 32.1. The minimum absolute atomic E-state index is 0.0292. The lowest BCUT2D eigenvalue weighted by atomic mass is 10.2. The summed E-state index contributed by atoms with van der Waals surface area (Å²) in [4.78, 5) is 6.74. The van der Waals surface area contributed by atoms with Gasteiger partial charge in [0.2, 0.25) is 0 Å². The zero-order valence-corrected chi connectivity index (χ0v) is 10.2. The van der Waals surface area contributed by atoms with E-state index in [2.05, 4.69) is 9.88 Å². The van der Waals surface area contributed by atoms with Crippen LogP contribution in [0.4, 0.5) is 5.82 Å². The Labute approximate surface area is 105 Å². The van der Waals surface area contributed by atoms with Crippen LogP contribution >= 0.6 is 12.2 Å². The smallest absolute Gasteiger partial charge is 0.128 e. The van der Waals surface area contributed by atoms with Gasteiger partial charge in [0.25, 0.3) is 0 Å². The molecule has 0 aliphatic carbocycles. The molecule has 2 rings (SSSR count). The van der Waals surface area contributed by atoms with E-state index in [1.165, 1.54) is 0 Å². The number of rotatable bonds is 3. The molecule has 0 amide bonds. The van der Waals surface area contributed by atoms with Gasteiger partial charge in [-0.1, -0.05) is 12.2 Å². The number of aliphatic hydroxyl groups is 1. The number of hydrogen-bond acceptors (Lipinski definition) is 5. The van der Waals surface area contributed by atoms with Crippen molar-refractivity contribution in [1.82, 2.24) is 4.98 Å². The molecule has 5 nitrogen and oxygen atoms in total. The molecule has 0 spiro atoms. The third kappa shape index (κ3) is 2.91. The molecule has 1 fully saturated rings. The maximum Gasteiger partial charge on any atom is 0.128 e. The van der Waals surface area contributed by atoms with Gasteiger partial charge in [0.05, 0.1) is 19.3 Å². The molecule has 1 aliphatic heterocycles. The first kappa shape index (κ1) is 12.2. The molecular weight excluding hydrogens is 238 g/mol. The van der Waals surface area contributed by atoms with Crippen LogP contribution < -0.4 is 10.6 Å². The van der Waals surface area contributed by atoms with Crippen LogP contribution in [0.3, 0.4) is 0 Å². The van der Waals surface area contributed by atoms with Crippen molar-refractivity contribution in [2.45, 2.75) is 6.10 Å². The molecule has 1 atom stereocenters. The van der Waals surface area contributed by atoms with Crippen LogP contribution in [0.25, 0.3) is 0 Å². The predicted molar refractivity (Wildman–Crippen MR) is 69.2 cm³/mol. The molecule has 0 saturated carbocycles. The summed E-state index contributed by atoms with van der Waals surface area (Å²) < 4.78 is 5.38. The van der Waals surface area contributed by atoms with Gasteiger partial charge in [-0.15, -0.1) is 0 Å². The highest BCUT2D eigenvalue weighted by Crippen LogP contribution is 2.15. The van der Waals surface area contributed by atoms with Crippen LogP contribution in [0.2, 0.25) is 0 Å². The molecule has 0 radical (unpaired) electrons. The zero-order valence-electron chi connectivity index (χ0n) is 9.37. The number of ether oxygens (including phenoxy) is 1. The molecule has 0 aromatic carbocycles. The molecule has 2 heterocycles. The Morgan fingerprint density at radius 1 is 1.65 bits per heavy atom. The van der Waals surface area contributed by atoms with Crippen LogP contribution in [-0.2, 0) is 4.74 Å². The molecule has 1 unspecified atom stereocenters. The Morgan fingerprint density at radius 2 is 2.47 bits per heavy atom. The summed E-state index contributed by atoms with van der Waals surface area (Å²) in [6.45, 7) is 2.05. The van der Waals surface area contributed by atoms with Crippen molar-refractivity contribution < 1.29 is 9.84 Å². The van der Waals surface area contributed by atoms with Crippen molar-refractivity contribution in [3.8, 4) is 0 Å². The van der Waals surface area contributed by atoms with Crippen molar-refractivity contribution >= 4 is 23.0 Å². The molecular formula is C11H15N3O2S. The van der Waals surface area contributed by atoms with Gasteiger partial charge in [0, 0.05) is 24.8 Å². The topological polar surface area (TPSA) is 71.6 Å². The summed E-state index contributed by atoms with van der Waals surface area (Å²) in [7, 11) is 0. The number of morpholine rings is 1. The first-order valence-electron chi connectivity index (χ1n) is 5.44. The molecule has 1 aliphatic rings. The lowest BCUT2D eigenvalue weighted by molar-refractivity contribution is 0.00336. The summed E-state index contributed by atoms with van der Waals surface area (Å²) in [5.74, 6) is 0.853. The zero-order chi connectivity index (χ0) is 12.3. The molecule has 1 aromatic rings. The van der Waals surface area contributed by atoms with Crippen molar-refractivity contribution in [3.63, 3.8) is 0 Å². The van der Waals surface area contributed by atoms with Crippen LogP contribution in [0, 0.1) is 0 Å². The van der Waals surface area contributed by atoms with E-state index in [-0.39, 0.29) is 12.7 Å². The Kier molecular flexibility index (Phi) is 3.88. The van der Waals surface area contributed by atoms with Gasteiger partial charge in [-0.2, -0.15) is 0 Å². The SMILES string of the molecule is NC(=S)c1ccc(N2CCOC(CO)C2)nc1. The largest absolute Gasteiger partial charge is 0.394 e. The van der Waals surface area contributed by atoms with E-state index in [0.717, 1.165) is 17.9 Å². The van der Waals surface area contributed by atoms with Gasteiger partial charge < -0.3 is 20.5 Å². The molecule has 92 valence electrons. The fourth-order valence-electron chi connectivity index (χ4n) is 1.76. The maximum absolute atomic E-state index is 9.07. The summed E-state index contributed by atoms with van der Waals surface area (Å²) in [5.41, 5.74) is 6.27. The van der Waals surface area contributed by atoms with Gasteiger partial charge in [-0.3, -0.25) is 0 Å². The number of thiocarbonyl (C=S) groups is 1. The van der Waals surface area contributed by atoms with Gasteiger partial charge >= 0.3 is 0 Å². The maximum atomic E-state index is 9.07. The third-order valence-electron chi connectivity index (χ3n) is 2.70. The van der Waals surface area contributed by atoms with E-state index >= 15 is 0 Å². The van der Waals surface area contributed by atoms with E-state index in [4.69, 9.17) is 27.8 Å². The summed E-state index contributed by atoms with van der Waals surface area (Å²) >= 11 is 4.87. The molecule has 1 aromatic heterocycles. The van der Waals surface area contributed by atoms with Crippen LogP contribution in [0.1, 0.15) is 5.56 Å². The number of hydrogen-bond donors (Lipinski definition) is 2. The lowest BCUT2D eigenvalue weighted by Crippen LogP contribution is -2.44. The highest BCUT2D eigenvalue weighted by Gasteiger charge is 2.20. The van der Waals surface area contributed by atoms with E-state index in [1.54, 1.807) is 6.20 Å². The Balaban J connectivity index is 2.08. The van der Waals surface area contributed by atoms with Crippen molar-refractivity contribution in [2.75, 3.05) is 31.2 Å². The van der Waals surface area contributed by atoms with Gasteiger partial charge in [-0.05, 0) is 12.1 Å². The Hall–Kier alpha value is -1.24. The number of aromatic nitrogens is 1. The van der Waals surface area contributed by atoms with E-state index < -0.39 is 0 Å². The van der Waals surface area contributed by atoms with Crippen molar-refractivity contribution in [2.24, 2.45) is 5.73 Å². The number of anilines is 1. The Bertz CT molecular complexity index is 396. The highest BCUT2D eigenvalue weighted by molar-refractivity contribution is 7.80. The van der Waals surface area contributed by atoms with E-state index in [1.807, 2.05) is 12.1 Å². The molecule has 0 bridgehead atoms. The first-order valence-corrected chi connectivity index (χ1v) is 5.85. The summed E-state index contributed by atoms with van der Waals surface area (Å²) in [6.07, 6.45) is 1.53. The fourth-order valence-corrected chi connectivity index (χ4v) is 1.88. The van der Waals surface area contributed by atoms with Gasteiger partial charge in [0.15, 0.2) is 0 Å². The number of nitrogens with zero attached hydrogens (tertiary/aromatic N) is 2. The lowest BCUT2D eigenvalue weighted by Gasteiger charge is -2.32. The van der Waals surface area contributed by atoms with Crippen LogP contribution in [0.5, 0.6) is 0 Å². The first-order chi connectivity index (χ1) is 8.20. The average Bonchev–Trinajstić information content (AvgIpc) is 2.39. The summed E-state index contributed by atoms with van der Waals surface area (Å²) in [5, 5.41) is 9.07. The van der Waals surface area contributed by atoms with E-state index in [0.29, 0.717) is 18.1 Å². The number of nitrogens with two attached hydrogens (primary N) is 1. The molecule has 3 N–H and O–H groups in total. The minimum atomic E-state index is -0.138. The quantitative estimate of drug-likeness (QED) is 0.734.